The average Bonchev–Trinajstić information content (AvgIpc) is 3.16. The number of rotatable bonds is 10. The van der Waals surface area contributed by atoms with E-state index in [0.717, 1.165) is 39.6 Å². The van der Waals surface area contributed by atoms with Crippen LogP contribution in [0.3, 0.4) is 0 Å². The zero-order valence-electron chi connectivity index (χ0n) is 28.4. The Morgan fingerprint density at radius 2 is 0.840 bits per heavy atom. The fraction of sp³-hybridized carbons (Fsp3) is 0.0426. The summed E-state index contributed by atoms with van der Waals surface area (Å²) in [6, 6.07) is 65.9. The molecule has 7 aromatic carbocycles. The Balaban J connectivity index is 1.19. The van der Waals surface area contributed by atoms with Crippen LogP contribution in [-0.2, 0) is 0 Å². The van der Waals surface area contributed by atoms with Crippen molar-refractivity contribution < 1.29 is 0 Å². The molecular formula is C47H39N3. The highest BCUT2D eigenvalue weighted by Gasteiger charge is 2.13. The molecule has 0 aliphatic heterocycles. The largest absolute Gasteiger partial charge is 0.311 e. The van der Waals surface area contributed by atoms with Crippen molar-refractivity contribution >= 4 is 46.3 Å². The number of hydrogen-bond donors (Lipinski definition) is 0. The third-order valence-electron chi connectivity index (χ3n) is 8.61. The van der Waals surface area contributed by atoms with Gasteiger partial charge in [-0.15, -0.1) is 0 Å². The van der Waals surface area contributed by atoms with Crippen molar-refractivity contribution in [2.75, 3.05) is 9.91 Å². The molecular weight excluding hydrogens is 607 g/mol. The Bertz CT molecular complexity index is 2120. The third-order valence-corrected chi connectivity index (χ3v) is 8.61. The molecule has 0 saturated carbocycles. The first-order valence-corrected chi connectivity index (χ1v) is 17.0. The van der Waals surface area contributed by atoms with E-state index in [1.165, 1.54) is 27.8 Å². The van der Waals surface area contributed by atoms with Crippen LogP contribution in [0.1, 0.15) is 33.4 Å². The molecule has 0 spiro atoms. The number of nitrogens with zero attached hydrogens (tertiary/aromatic N) is 3. The van der Waals surface area contributed by atoms with Gasteiger partial charge < -0.3 is 4.90 Å². The number of hydrogen-bond acceptors (Lipinski definition) is 3. The smallest absolute Gasteiger partial charge is 0.0655 e. The average molecular weight is 646 g/mol. The Kier molecular flexibility index (Phi) is 9.75. The van der Waals surface area contributed by atoms with Crippen molar-refractivity contribution in [2.45, 2.75) is 13.8 Å². The lowest BCUT2D eigenvalue weighted by Gasteiger charge is -2.25. The normalized spacial score (nSPS) is 10.9. The molecule has 3 nitrogen and oxygen atoms in total. The molecule has 0 N–H and O–H groups in total. The first-order chi connectivity index (χ1) is 24.6. The van der Waals surface area contributed by atoms with E-state index in [2.05, 4.69) is 213 Å². The summed E-state index contributed by atoms with van der Waals surface area (Å²) in [7, 11) is 0. The van der Waals surface area contributed by atoms with E-state index in [-0.39, 0.29) is 0 Å². The van der Waals surface area contributed by atoms with Crippen LogP contribution in [0.25, 0.3) is 11.6 Å². The Labute approximate surface area is 295 Å². The van der Waals surface area contributed by atoms with Crippen LogP contribution >= 0.6 is 0 Å². The molecule has 0 bridgehead atoms. The molecule has 7 rings (SSSR count). The third kappa shape index (κ3) is 7.64. The van der Waals surface area contributed by atoms with Crippen LogP contribution in [0.5, 0.6) is 0 Å². The van der Waals surface area contributed by atoms with Crippen LogP contribution in [0.2, 0.25) is 0 Å². The number of benzene rings is 7. The predicted molar refractivity (Wildman–Crippen MR) is 213 cm³/mol. The summed E-state index contributed by atoms with van der Waals surface area (Å²) in [5, 5.41) is 6.97. The first-order valence-electron chi connectivity index (χ1n) is 17.0. The lowest BCUT2D eigenvalue weighted by molar-refractivity contribution is 1.09. The van der Waals surface area contributed by atoms with E-state index in [1.54, 1.807) is 0 Å². The van der Waals surface area contributed by atoms with E-state index < -0.39 is 0 Å². The predicted octanol–water partition coefficient (Wildman–Crippen LogP) is 12.5. The Morgan fingerprint density at radius 3 is 1.32 bits per heavy atom. The summed E-state index contributed by atoms with van der Waals surface area (Å²) in [5.41, 5.74) is 13.4. The molecule has 0 unspecified atom stereocenters. The highest BCUT2D eigenvalue weighted by atomic mass is 15.5. The highest BCUT2D eigenvalue weighted by Crippen LogP contribution is 2.35. The summed E-state index contributed by atoms with van der Waals surface area (Å²) < 4.78 is 0. The van der Waals surface area contributed by atoms with E-state index in [4.69, 9.17) is 5.10 Å². The summed E-state index contributed by atoms with van der Waals surface area (Å²) >= 11 is 0. The summed E-state index contributed by atoms with van der Waals surface area (Å²) in [6.45, 7) is 4.21. The van der Waals surface area contributed by atoms with Crippen molar-refractivity contribution in [3.05, 3.63) is 221 Å². The van der Waals surface area contributed by atoms with Crippen LogP contribution in [-0.4, -0.2) is 6.21 Å². The van der Waals surface area contributed by atoms with Gasteiger partial charge >= 0.3 is 0 Å². The lowest BCUT2D eigenvalue weighted by Crippen LogP contribution is -2.10. The zero-order chi connectivity index (χ0) is 34.1. The Hall–Kier alpha value is -6.45. The highest BCUT2D eigenvalue weighted by molar-refractivity contribution is 5.92. The maximum Gasteiger partial charge on any atom is 0.0655 e. The molecule has 50 heavy (non-hydrogen) atoms. The van der Waals surface area contributed by atoms with Gasteiger partial charge in [0.2, 0.25) is 0 Å². The molecule has 0 aliphatic rings. The monoisotopic (exact) mass is 645 g/mol. The van der Waals surface area contributed by atoms with Gasteiger partial charge in [-0.05, 0) is 120 Å². The van der Waals surface area contributed by atoms with Gasteiger partial charge in [0.15, 0.2) is 0 Å². The molecule has 0 aromatic heterocycles. The van der Waals surface area contributed by atoms with Crippen LogP contribution in [0.15, 0.2) is 193 Å². The zero-order valence-corrected chi connectivity index (χ0v) is 28.4. The van der Waals surface area contributed by atoms with Gasteiger partial charge in [-0.3, -0.25) is 0 Å². The van der Waals surface area contributed by atoms with Crippen molar-refractivity contribution in [1.82, 2.24) is 0 Å². The molecule has 0 saturated heterocycles. The van der Waals surface area contributed by atoms with Gasteiger partial charge in [0.25, 0.3) is 0 Å². The van der Waals surface area contributed by atoms with Crippen LogP contribution < -0.4 is 9.91 Å². The SMILES string of the molecule is Cc1cccc(N(/N=C/c2ccc(N(c3ccccc3)c3ccc(C=C(c4ccccc4)c4ccccc4)cc3)cc2)c2cccc(C)c2)c1. The van der Waals surface area contributed by atoms with Gasteiger partial charge in [0.1, 0.15) is 0 Å². The first kappa shape index (κ1) is 32.1. The van der Waals surface area contributed by atoms with Crippen LogP contribution in [0.4, 0.5) is 28.4 Å². The fourth-order valence-electron chi connectivity index (χ4n) is 6.12. The van der Waals surface area contributed by atoms with Gasteiger partial charge in [0, 0.05) is 17.1 Å². The minimum absolute atomic E-state index is 1.02. The van der Waals surface area contributed by atoms with E-state index in [9.17, 15) is 0 Å². The van der Waals surface area contributed by atoms with Crippen molar-refractivity contribution in [3.8, 4) is 0 Å². The second-order valence-electron chi connectivity index (χ2n) is 12.4. The minimum atomic E-state index is 1.02. The van der Waals surface area contributed by atoms with Crippen LogP contribution in [0, 0.1) is 13.8 Å². The van der Waals surface area contributed by atoms with E-state index >= 15 is 0 Å². The summed E-state index contributed by atoms with van der Waals surface area (Å²) in [6.07, 6.45) is 4.20. The molecule has 0 heterocycles. The van der Waals surface area contributed by atoms with Gasteiger partial charge in [0.05, 0.1) is 17.6 Å². The molecule has 0 fully saturated rings. The molecule has 7 aromatic rings. The quantitative estimate of drug-likeness (QED) is 0.0837. The topological polar surface area (TPSA) is 18.8 Å². The van der Waals surface area contributed by atoms with E-state index in [0.29, 0.717) is 0 Å². The molecule has 242 valence electrons. The maximum absolute atomic E-state index is 4.97. The van der Waals surface area contributed by atoms with Crippen molar-refractivity contribution in [2.24, 2.45) is 5.10 Å². The molecule has 0 aliphatic carbocycles. The van der Waals surface area contributed by atoms with Crippen molar-refractivity contribution in [3.63, 3.8) is 0 Å². The van der Waals surface area contributed by atoms with E-state index in [1.807, 2.05) is 11.2 Å². The summed E-state index contributed by atoms with van der Waals surface area (Å²) in [5.74, 6) is 0. The summed E-state index contributed by atoms with van der Waals surface area (Å²) in [4.78, 5) is 2.29. The molecule has 0 amide bonds. The van der Waals surface area contributed by atoms with Gasteiger partial charge in [-0.1, -0.05) is 127 Å². The fourth-order valence-corrected chi connectivity index (χ4v) is 6.12. The number of hydrazone groups is 1. The standard InChI is InChI=1S/C47H39N3/c1-36-14-12-22-45(32-36)50(46-23-13-15-37(2)33-46)48-35-39-26-30-44(31-27-39)49(42-20-10-5-11-21-42)43-28-24-38(25-29-43)34-47(40-16-6-3-7-17-40)41-18-8-4-9-19-41/h3-35H,1-2H3/b48-35+. The number of aryl methyl sites for hydroxylation is 2. The second-order valence-corrected chi connectivity index (χ2v) is 12.4. The molecule has 0 atom stereocenters. The maximum atomic E-state index is 4.97. The van der Waals surface area contributed by atoms with Gasteiger partial charge in [-0.2, -0.15) is 5.10 Å². The minimum Gasteiger partial charge on any atom is -0.311 e. The molecule has 0 radical (unpaired) electrons. The lowest BCUT2D eigenvalue weighted by atomic mass is 9.95. The van der Waals surface area contributed by atoms with Gasteiger partial charge in [-0.25, -0.2) is 5.01 Å². The molecule has 3 heteroatoms. The number of para-hydroxylation sites is 1. The Morgan fingerprint density at radius 1 is 0.420 bits per heavy atom. The van der Waals surface area contributed by atoms with Crippen molar-refractivity contribution in [1.29, 1.82) is 0 Å². The second kappa shape index (κ2) is 15.2. The number of anilines is 5.